The number of fused-ring (bicyclic) bond motifs is 1. The van der Waals surface area contributed by atoms with Gasteiger partial charge in [-0.2, -0.15) is 0 Å². The Morgan fingerprint density at radius 2 is 1.89 bits per heavy atom. The van der Waals surface area contributed by atoms with Crippen LogP contribution in [0.4, 0.5) is 10.5 Å². The molecule has 2 fully saturated rings. The molecule has 1 aliphatic heterocycles. The molecule has 4 rings (SSSR count). The number of nitrogens with two attached hydrogens (primary N) is 1. The van der Waals surface area contributed by atoms with Crippen LogP contribution in [0.5, 0.6) is 0 Å². The third kappa shape index (κ3) is 4.55. The summed E-state index contributed by atoms with van der Waals surface area (Å²) >= 11 is 1.82. The zero-order valence-electron chi connectivity index (χ0n) is 15.8. The highest BCUT2D eigenvalue weighted by atomic mass is 32.1. The molecular formula is C21H29N3O2S. The zero-order chi connectivity index (χ0) is 18.6. The lowest BCUT2D eigenvalue weighted by molar-refractivity contribution is 0.0679. The monoisotopic (exact) mass is 387 g/mol. The van der Waals surface area contributed by atoms with E-state index in [1.54, 1.807) is 0 Å². The predicted molar refractivity (Wildman–Crippen MR) is 112 cm³/mol. The summed E-state index contributed by atoms with van der Waals surface area (Å²) in [6.45, 7) is 5.67. The Labute approximate surface area is 165 Å². The summed E-state index contributed by atoms with van der Waals surface area (Å²) < 4.78 is 6.52. The van der Waals surface area contributed by atoms with Gasteiger partial charge in [-0.1, -0.05) is 6.07 Å². The van der Waals surface area contributed by atoms with Gasteiger partial charge < -0.3 is 15.4 Å². The molecule has 0 atom stereocenters. The molecule has 2 aromatic rings. The van der Waals surface area contributed by atoms with Crippen molar-refractivity contribution in [2.24, 2.45) is 11.7 Å². The molecule has 2 aliphatic rings. The highest BCUT2D eigenvalue weighted by Crippen LogP contribution is 2.32. The molecule has 1 aromatic carbocycles. The van der Waals surface area contributed by atoms with E-state index in [0.717, 1.165) is 57.8 Å². The first-order valence-corrected chi connectivity index (χ1v) is 11.0. The quantitative estimate of drug-likeness (QED) is 0.840. The van der Waals surface area contributed by atoms with E-state index in [9.17, 15) is 4.79 Å². The Morgan fingerprint density at radius 1 is 1.11 bits per heavy atom. The standard InChI is InChI=1S/C21H29N3O2S/c22-21(25)26-17-6-4-16(5-7-17)8-10-23-11-13-24(14-12-23)19-2-1-3-20-18(19)9-15-27-20/h1-3,9,15-17H,4-8,10-14H2,(H2,22,25). The molecule has 2 N–H and O–H groups in total. The number of thiophene rings is 1. The van der Waals surface area contributed by atoms with E-state index in [1.807, 2.05) is 11.3 Å². The van der Waals surface area contributed by atoms with E-state index in [2.05, 4.69) is 39.4 Å². The van der Waals surface area contributed by atoms with Crippen molar-refractivity contribution in [3.05, 3.63) is 29.6 Å². The van der Waals surface area contributed by atoms with E-state index < -0.39 is 6.09 Å². The number of nitrogens with zero attached hydrogens (tertiary/aromatic N) is 2. The van der Waals surface area contributed by atoms with Crippen LogP contribution in [0.3, 0.4) is 0 Å². The van der Waals surface area contributed by atoms with Crippen LogP contribution in [0.15, 0.2) is 29.6 Å². The third-order valence-corrected chi connectivity index (χ3v) is 7.00. The van der Waals surface area contributed by atoms with Gasteiger partial charge in [0.15, 0.2) is 0 Å². The molecule has 0 spiro atoms. The molecule has 1 amide bonds. The number of carbonyl (C=O) groups excluding carboxylic acids is 1. The minimum atomic E-state index is -0.630. The molecular weight excluding hydrogens is 358 g/mol. The summed E-state index contributed by atoms with van der Waals surface area (Å²) in [6.07, 6.45) is 4.90. The fourth-order valence-electron chi connectivity index (χ4n) is 4.53. The largest absolute Gasteiger partial charge is 0.446 e. The van der Waals surface area contributed by atoms with E-state index in [0.29, 0.717) is 0 Å². The number of hydrogen-bond acceptors (Lipinski definition) is 5. The summed E-state index contributed by atoms with van der Waals surface area (Å²) in [7, 11) is 0. The predicted octanol–water partition coefficient (Wildman–Crippen LogP) is 4.07. The van der Waals surface area contributed by atoms with Crippen LogP contribution in [-0.4, -0.2) is 49.8 Å². The zero-order valence-corrected chi connectivity index (χ0v) is 16.6. The number of primary amides is 1. The van der Waals surface area contributed by atoms with Gasteiger partial charge in [0.1, 0.15) is 6.10 Å². The SMILES string of the molecule is NC(=O)OC1CCC(CCN2CCN(c3cccc4sccc34)CC2)CC1. The first kappa shape index (κ1) is 18.6. The maximum atomic E-state index is 10.9. The maximum Gasteiger partial charge on any atom is 0.404 e. The number of piperazine rings is 1. The Bertz CT molecular complexity index is 762. The summed E-state index contributed by atoms with van der Waals surface area (Å²) in [5.74, 6) is 0.760. The molecule has 1 aromatic heterocycles. The van der Waals surface area contributed by atoms with Crippen molar-refractivity contribution >= 4 is 33.2 Å². The van der Waals surface area contributed by atoms with Crippen LogP contribution in [-0.2, 0) is 4.74 Å². The van der Waals surface area contributed by atoms with Gasteiger partial charge in [-0.15, -0.1) is 11.3 Å². The van der Waals surface area contributed by atoms with Crippen LogP contribution in [0.2, 0.25) is 0 Å². The number of rotatable bonds is 5. The van der Waals surface area contributed by atoms with Gasteiger partial charge in [-0.05, 0) is 68.1 Å². The van der Waals surface area contributed by atoms with Gasteiger partial charge in [0.25, 0.3) is 0 Å². The van der Waals surface area contributed by atoms with Crippen LogP contribution in [0.1, 0.15) is 32.1 Å². The van der Waals surface area contributed by atoms with Crippen molar-refractivity contribution in [1.29, 1.82) is 0 Å². The number of carbonyl (C=O) groups is 1. The van der Waals surface area contributed by atoms with Gasteiger partial charge in [0.05, 0.1) is 0 Å². The molecule has 1 saturated heterocycles. The molecule has 6 heteroatoms. The molecule has 5 nitrogen and oxygen atoms in total. The molecule has 146 valence electrons. The fourth-order valence-corrected chi connectivity index (χ4v) is 5.34. The number of amides is 1. The van der Waals surface area contributed by atoms with Crippen LogP contribution >= 0.6 is 11.3 Å². The molecule has 2 heterocycles. The van der Waals surface area contributed by atoms with Gasteiger partial charge in [0.2, 0.25) is 0 Å². The maximum absolute atomic E-state index is 10.9. The lowest BCUT2D eigenvalue weighted by atomic mass is 9.85. The summed E-state index contributed by atoms with van der Waals surface area (Å²) in [4.78, 5) is 16.0. The molecule has 0 unspecified atom stereocenters. The van der Waals surface area contributed by atoms with E-state index in [-0.39, 0.29) is 6.10 Å². The summed E-state index contributed by atoms with van der Waals surface area (Å²) in [6, 6.07) is 8.90. The van der Waals surface area contributed by atoms with Crippen molar-refractivity contribution in [1.82, 2.24) is 4.90 Å². The van der Waals surface area contributed by atoms with E-state index in [4.69, 9.17) is 10.5 Å². The second-order valence-electron chi connectivity index (χ2n) is 7.81. The molecule has 1 aliphatic carbocycles. The number of hydrogen-bond donors (Lipinski definition) is 1. The first-order chi connectivity index (χ1) is 13.2. The van der Waals surface area contributed by atoms with E-state index >= 15 is 0 Å². The molecule has 1 saturated carbocycles. The topological polar surface area (TPSA) is 58.8 Å². The van der Waals surface area contributed by atoms with Crippen molar-refractivity contribution in [2.75, 3.05) is 37.6 Å². The van der Waals surface area contributed by atoms with Crippen molar-refractivity contribution < 1.29 is 9.53 Å². The van der Waals surface area contributed by atoms with Crippen LogP contribution < -0.4 is 10.6 Å². The number of ether oxygens (including phenoxy) is 1. The smallest absolute Gasteiger partial charge is 0.404 e. The Balaban J connectivity index is 1.21. The fraction of sp³-hybridized carbons (Fsp3) is 0.571. The average Bonchev–Trinajstić information content (AvgIpc) is 3.16. The summed E-state index contributed by atoms with van der Waals surface area (Å²) in [5, 5.41) is 3.58. The lowest BCUT2D eigenvalue weighted by Gasteiger charge is -2.37. The number of anilines is 1. The Kier molecular flexibility index (Phi) is 5.83. The molecule has 0 bridgehead atoms. The van der Waals surface area contributed by atoms with Gasteiger partial charge in [0, 0.05) is 42.0 Å². The second kappa shape index (κ2) is 8.48. The second-order valence-corrected chi connectivity index (χ2v) is 8.75. The van der Waals surface area contributed by atoms with Crippen molar-refractivity contribution in [3.8, 4) is 0 Å². The molecule has 27 heavy (non-hydrogen) atoms. The first-order valence-electron chi connectivity index (χ1n) is 10.1. The third-order valence-electron chi connectivity index (χ3n) is 6.12. The average molecular weight is 388 g/mol. The minimum absolute atomic E-state index is 0.0436. The van der Waals surface area contributed by atoms with Crippen LogP contribution in [0.25, 0.3) is 10.1 Å². The summed E-state index contributed by atoms with van der Waals surface area (Å²) in [5.41, 5.74) is 6.51. The van der Waals surface area contributed by atoms with E-state index in [1.165, 1.54) is 28.7 Å². The Hall–Kier alpha value is -1.79. The minimum Gasteiger partial charge on any atom is -0.446 e. The normalized spacial score (nSPS) is 24.2. The van der Waals surface area contributed by atoms with Gasteiger partial charge >= 0.3 is 6.09 Å². The Morgan fingerprint density at radius 3 is 2.63 bits per heavy atom. The highest BCUT2D eigenvalue weighted by Gasteiger charge is 2.25. The number of benzene rings is 1. The van der Waals surface area contributed by atoms with Crippen molar-refractivity contribution in [2.45, 2.75) is 38.2 Å². The lowest BCUT2D eigenvalue weighted by Crippen LogP contribution is -2.47. The van der Waals surface area contributed by atoms with Crippen LogP contribution in [0, 0.1) is 5.92 Å². The van der Waals surface area contributed by atoms with Gasteiger partial charge in [-0.3, -0.25) is 4.90 Å². The molecule has 0 radical (unpaired) electrons. The van der Waals surface area contributed by atoms with Gasteiger partial charge in [-0.25, -0.2) is 4.79 Å². The van der Waals surface area contributed by atoms with Crippen molar-refractivity contribution in [3.63, 3.8) is 0 Å². The highest BCUT2D eigenvalue weighted by molar-refractivity contribution is 7.17.